The minimum absolute atomic E-state index is 0.0919. The molecule has 0 saturated carbocycles. The summed E-state index contributed by atoms with van der Waals surface area (Å²) in [6.45, 7) is 5.42. The number of ether oxygens (including phenoxy) is 1. The monoisotopic (exact) mass is 434 g/mol. The maximum absolute atomic E-state index is 12.5. The van der Waals surface area contributed by atoms with E-state index in [1.807, 2.05) is 40.2 Å². The first-order valence-electron chi connectivity index (χ1n) is 10.6. The zero-order valence-electron chi connectivity index (χ0n) is 17.8. The van der Waals surface area contributed by atoms with Crippen molar-refractivity contribution in [3.05, 3.63) is 70.7 Å². The molecule has 7 heteroatoms. The number of benzene rings is 2. The molecular formula is C24H26N4O2S. The van der Waals surface area contributed by atoms with Gasteiger partial charge in [-0.15, -0.1) is 16.4 Å². The maximum atomic E-state index is 12.5. The van der Waals surface area contributed by atoms with Crippen molar-refractivity contribution >= 4 is 22.2 Å². The number of fused-ring (bicyclic) bond motifs is 1. The molecule has 2 heterocycles. The van der Waals surface area contributed by atoms with E-state index < -0.39 is 0 Å². The second kappa shape index (κ2) is 9.75. The van der Waals surface area contributed by atoms with E-state index in [1.165, 1.54) is 0 Å². The lowest BCUT2D eigenvalue weighted by molar-refractivity contribution is 0.0954. The largest absolute Gasteiger partial charge is 0.494 e. The first kappa shape index (κ1) is 21.1. The third-order valence-electron chi connectivity index (χ3n) is 5.09. The van der Waals surface area contributed by atoms with Crippen molar-refractivity contribution in [2.75, 3.05) is 13.2 Å². The lowest BCUT2D eigenvalue weighted by Crippen LogP contribution is -2.26. The first-order chi connectivity index (χ1) is 15.2. The van der Waals surface area contributed by atoms with E-state index >= 15 is 0 Å². The van der Waals surface area contributed by atoms with Gasteiger partial charge in [-0.2, -0.15) is 4.98 Å². The molecule has 0 radical (unpaired) electrons. The zero-order valence-corrected chi connectivity index (χ0v) is 18.6. The van der Waals surface area contributed by atoms with Crippen molar-refractivity contribution in [1.82, 2.24) is 19.9 Å². The van der Waals surface area contributed by atoms with Gasteiger partial charge in [0.25, 0.3) is 5.91 Å². The fourth-order valence-corrected chi connectivity index (χ4v) is 4.13. The first-order valence-corrected chi connectivity index (χ1v) is 11.4. The molecule has 4 rings (SSSR count). The van der Waals surface area contributed by atoms with Crippen LogP contribution in [0.1, 0.15) is 41.4 Å². The Morgan fingerprint density at radius 3 is 2.74 bits per heavy atom. The molecule has 1 N–H and O–H groups in total. The Bertz CT molecular complexity index is 1160. The molecule has 160 valence electrons. The van der Waals surface area contributed by atoms with Crippen molar-refractivity contribution in [3.8, 4) is 17.1 Å². The molecule has 4 aromatic rings. The number of aromatic nitrogens is 3. The summed E-state index contributed by atoms with van der Waals surface area (Å²) >= 11 is 1.56. The second-order valence-corrected chi connectivity index (χ2v) is 8.24. The van der Waals surface area contributed by atoms with Crippen LogP contribution in [0.25, 0.3) is 16.3 Å². The van der Waals surface area contributed by atoms with Crippen LogP contribution < -0.4 is 10.1 Å². The molecule has 31 heavy (non-hydrogen) atoms. The predicted molar refractivity (Wildman–Crippen MR) is 124 cm³/mol. The average molecular weight is 435 g/mol. The van der Waals surface area contributed by atoms with E-state index in [0.29, 0.717) is 25.1 Å². The van der Waals surface area contributed by atoms with E-state index in [0.717, 1.165) is 46.2 Å². The summed E-state index contributed by atoms with van der Waals surface area (Å²) < 4.78 is 7.52. The van der Waals surface area contributed by atoms with Crippen molar-refractivity contribution in [2.45, 2.75) is 33.1 Å². The van der Waals surface area contributed by atoms with Crippen molar-refractivity contribution in [2.24, 2.45) is 0 Å². The van der Waals surface area contributed by atoms with E-state index in [9.17, 15) is 4.79 Å². The minimum atomic E-state index is -0.0919. The van der Waals surface area contributed by atoms with Gasteiger partial charge in [-0.25, -0.2) is 4.52 Å². The van der Waals surface area contributed by atoms with Gasteiger partial charge in [0.05, 0.1) is 12.3 Å². The highest BCUT2D eigenvalue weighted by Gasteiger charge is 2.13. The highest BCUT2D eigenvalue weighted by atomic mass is 32.1. The van der Waals surface area contributed by atoms with Crippen LogP contribution in [0.3, 0.4) is 0 Å². The predicted octanol–water partition coefficient (Wildman–Crippen LogP) is 4.92. The standard InChI is InChI=1S/C24H26N4O2S/c1-3-4-15-30-20-11-9-18(10-12-20)23(29)25-14-13-19-16-31-24-26-22(27-28(19)24)21-8-6-5-7-17(21)2/h5-12,16H,3-4,13-15H2,1-2H3,(H,25,29). The van der Waals surface area contributed by atoms with Gasteiger partial charge in [-0.3, -0.25) is 4.79 Å². The van der Waals surface area contributed by atoms with Crippen LogP contribution in [0.2, 0.25) is 0 Å². The molecule has 0 aliphatic heterocycles. The van der Waals surface area contributed by atoms with Gasteiger partial charge in [-0.05, 0) is 43.2 Å². The van der Waals surface area contributed by atoms with Crippen molar-refractivity contribution in [3.63, 3.8) is 0 Å². The number of nitrogens with one attached hydrogen (secondary N) is 1. The lowest BCUT2D eigenvalue weighted by atomic mass is 10.1. The Balaban J connectivity index is 1.35. The molecule has 0 saturated heterocycles. The van der Waals surface area contributed by atoms with E-state index in [2.05, 4.69) is 35.3 Å². The number of nitrogens with zero attached hydrogens (tertiary/aromatic N) is 3. The Hall–Kier alpha value is -3.19. The number of rotatable bonds is 9. The average Bonchev–Trinajstić information content (AvgIpc) is 3.36. The van der Waals surface area contributed by atoms with E-state index in [4.69, 9.17) is 4.74 Å². The number of thiazole rings is 1. The molecule has 6 nitrogen and oxygen atoms in total. The fraction of sp³-hybridized carbons (Fsp3) is 0.292. The molecule has 1 amide bonds. The van der Waals surface area contributed by atoms with Gasteiger partial charge in [0, 0.05) is 29.5 Å². The smallest absolute Gasteiger partial charge is 0.251 e. The summed E-state index contributed by atoms with van der Waals surface area (Å²) in [5.74, 6) is 1.43. The van der Waals surface area contributed by atoms with Gasteiger partial charge in [0.1, 0.15) is 5.75 Å². The minimum Gasteiger partial charge on any atom is -0.494 e. The third kappa shape index (κ3) is 4.94. The van der Waals surface area contributed by atoms with Crippen LogP contribution in [0.15, 0.2) is 53.9 Å². The SMILES string of the molecule is CCCCOc1ccc(C(=O)NCCc2csc3nc(-c4ccccc4C)nn23)cc1. The Morgan fingerprint density at radius 1 is 1.16 bits per heavy atom. The highest BCUT2D eigenvalue weighted by Crippen LogP contribution is 2.23. The summed E-state index contributed by atoms with van der Waals surface area (Å²) in [5.41, 5.74) is 3.85. The number of carbonyl (C=O) groups is 1. The summed E-state index contributed by atoms with van der Waals surface area (Å²) in [7, 11) is 0. The van der Waals surface area contributed by atoms with Gasteiger partial charge >= 0.3 is 0 Å². The highest BCUT2D eigenvalue weighted by molar-refractivity contribution is 7.15. The van der Waals surface area contributed by atoms with Gasteiger partial charge < -0.3 is 10.1 Å². The summed E-state index contributed by atoms with van der Waals surface area (Å²) in [6.07, 6.45) is 2.80. The molecule has 0 spiro atoms. The summed E-state index contributed by atoms with van der Waals surface area (Å²) in [6, 6.07) is 15.4. The molecule has 0 aliphatic carbocycles. The fourth-order valence-electron chi connectivity index (χ4n) is 3.28. The topological polar surface area (TPSA) is 68.5 Å². The molecule has 2 aromatic carbocycles. The van der Waals surface area contributed by atoms with Crippen LogP contribution >= 0.6 is 11.3 Å². The molecular weight excluding hydrogens is 408 g/mol. The van der Waals surface area contributed by atoms with Crippen molar-refractivity contribution < 1.29 is 9.53 Å². The molecule has 0 bridgehead atoms. The van der Waals surface area contributed by atoms with Gasteiger partial charge in [0.15, 0.2) is 5.82 Å². The number of amides is 1. The number of unbranched alkanes of at least 4 members (excludes halogenated alkanes) is 1. The lowest BCUT2D eigenvalue weighted by Gasteiger charge is -2.07. The van der Waals surface area contributed by atoms with Gasteiger partial charge in [0.2, 0.25) is 4.96 Å². The Kier molecular flexibility index (Phi) is 6.62. The van der Waals surface area contributed by atoms with Crippen LogP contribution in [0.4, 0.5) is 0 Å². The van der Waals surface area contributed by atoms with Crippen LogP contribution in [-0.2, 0) is 6.42 Å². The van der Waals surface area contributed by atoms with Crippen molar-refractivity contribution in [1.29, 1.82) is 0 Å². The van der Waals surface area contributed by atoms with Crippen LogP contribution in [-0.4, -0.2) is 33.7 Å². The summed E-state index contributed by atoms with van der Waals surface area (Å²) in [5, 5.41) is 9.72. The normalized spacial score (nSPS) is 11.0. The molecule has 2 aromatic heterocycles. The third-order valence-corrected chi connectivity index (χ3v) is 5.95. The number of hydrogen-bond acceptors (Lipinski definition) is 5. The van der Waals surface area contributed by atoms with Crippen LogP contribution in [0, 0.1) is 6.92 Å². The maximum Gasteiger partial charge on any atom is 0.251 e. The van der Waals surface area contributed by atoms with E-state index in [1.54, 1.807) is 23.5 Å². The van der Waals surface area contributed by atoms with Gasteiger partial charge in [-0.1, -0.05) is 37.6 Å². The Morgan fingerprint density at radius 2 is 1.97 bits per heavy atom. The molecule has 0 aliphatic rings. The quantitative estimate of drug-likeness (QED) is 0.380. The van der Waals surface area contributed by atoms with Crippen LogP contribution in [0.5, 0.6) is 5.75 Å². The second-order valence-electron chi connectivity index (χ2n) is 7.40. The molecule has 0 atom stereocenters. The number of aryl methyl sites for hydroxylation is 1. The van der Waals surface area contributed by atoms with E-state index in [-0.39, 0.29) is 5.91 Å². The Labute approximate surface area is 185 Å². The number of carbonyl (C=O) groups excluding carboxylic acids is 1. The molecule has 0 unspecified atom stereocenters. The molecule has 0 fully saturated rings. The number of hydrogen-bond donors (Lipinski definition) is 1. The summed E-state index contributed by atoms with van der Waals surface area (Å²) in [4.78, 5) is 18.0. The zero-order chi connectivity index (χ0) is 21.6.